The summed E-state index contributed by atoms with van der Waals surface area (Å²) >= 11 is 0. The summed E-state index contributed by atoms with van der Waals surface area (Å²) in [7, 11) is 1.64. The van der Waals surface area contributed by atoms with Gasteiger partial charge in [0.15, 0.2) is 0 Å². The van der Waals surface area contributed by atoms with E-state index >= 15 is 0 Å². The Morgan fingerprint density at radius 2 is 1.89 bits per heavy atom. The molecule has 0 saturated heterocycles. The van der Waals surface area contributed by atoms with Gasteiger partial charge in [-0.3, -0.25) is 4.79 Å². The second-order valence-corrected chi connectivity index (χ2v) is 6.71. The maximum Gasteiger partial charge on any atom is 0.227 e. The second-order valence-electron chi connectivity index (χ2n) is 6.71. The molecule has 1 aromatic heterocycles. The minimum Gasteiger partial charge on any atom is -0.497 e. The monoisotopic (exact) mass is 379 g/mol. The van der Waals surface area contributed by atoms with Gasteiger partial charge in [-0.15, -0.1) is 0 Å². The average Bonchev–Trinajstić information content (AvgIpc) is 3.21. The average molecular weight is 379 g/mol. The maximum absolute atomic E-state index is 12.2. The quantitative estimate of drug-likeness (QED) is 0.569. The van der Waals surface area contributed by atoms with Crippen LogP contribution in [0.3, 0.4) is 0 Å². The number of carbonyl (C=O) groups is 1. The van der Waals surface area contributed by atoms with Gasteiger partial charge < -0.3 is 14.6 Å². The zero-order valence-electron chi connectivity index (χ0n) is 16.2. The Morgan fingerprint density at radius 3 is 2.61 bits per heavy atom. The van der Waals surface area contributed by atoms with Crippen LogP contribution >= 0.6 is 0 Å². The molecule has 0 radical (unpaired) electrons. The number of nitrogens with zero attached hydrogens (tertiary/aromatic N) is 2. The molecule has 2 aromatic carbocycles. The highest BCUT2D eigenvalue weighted by molar-refractivity contribution is 5.76. The minimum atomic E-state index is 0.0406. The first-order valence-electron chi connectivity index (χ1n) is 9.44. The first-order valence-corrected chi connectivity index (χ1v) is 9.44. The number of amides is 1. The van der Waals surface area contributed by atoms with E-state index < -0.39 is 0 Å². The van der Waals surface area contributed by atoms with E-state index in [9.17, 15) is 4.79 Å². The summed E-state index contributed by atoms with van der Waals surface area (Å²) in [4.78, 5) is 16.6. The largest absolute Gasteiger partial charge is 0.497 e. The first kappa shape index (κ1) is 19.6. The third kappa shape index (κ3) is 5.42. The van der Waals surface area contributed by atoms with Gasteiger partial charge in [0.2, 0.25) is 17.6 Å². The van der Waals surface area contributed by atoms with Gasteiger partial charge in [0.1, 0.15) is 5.75 Å². The smallest absolute Gasteiger partial charge is 0.227 e. The zero-order chi connectivity index (χ0) is 19.8. The Hall–Kier alpha value is -3.15. The molecule has 1 unspecified atom stereocenters. The highest BCUT2D eigenvalue weighted by Crippen LogP contribution is 2.21. The molecule has 1 N–H and O–H groups in total. The van der Waals surface area contributed by atoms with Gasteiger partial charge in [-0.05, 0) is 30.0 Å². The fourth-order valence-electron chi connectivity index (χ4n) is 2.93. The lowest BCUT2D eigenvalue weighted by atomic mass is 9.97. The molecule has 6 nitrogen and oxygen atoms in total. The van der Waals surface area contributed by atoms with E-state index in [0.29, 0.717) is 31.1 Å². The fourth-order valence-corrected chi connectivity index (χ4v) is 2.93. The number of carbonyl (C=O) groups excluding carboxylic acids is 1. The van der Waals surface area contributed by atoms with E-state index in [2.05, 4.69) is 15.5 Å². The molecule has 1 heterocycles. The van der Waals surface area contributed by atoms with Crippen molar-refractivity contribution < 1.29 is 14.1 Å². The van der Waals surface area contributed by atoms with E-state index in [1.807, 2.05) is 61.5 Å². The number of benzene rings is 2. The lowest BCUT2D eigenvalue weighted by Crippen LogP contribution is -2.25. The number of nitrogens with one attached hydrogen (secondary N) is 1. The van der Waals surface area contributed by atoms with E-state index in [4.69, 9.17) is 9.26 Å². The van der Waals surface area contributed by atoms with Crippen molar-refractivity contribution >= 4 is 5.91 Å². The van der Waals surface area contributed by atoms with E-state index in [1.54, 1.807) is 7.11 Å². The van der Waals surface area contributed by atoms with Crippen LogP contribution in [0.2, 0.25) is 0 Å². The van der Waals surface area contributed by atoms with E-state index in [1.165, 1.54) is 0 Å². The van der Waals surface area contributed by atoms with Crippen LogP contribution in [-0.2, 0) is 11.2 Å². The van der Waals surface area contributed by atoms with Crippen LogP contribution in [0.25, 0.3) is 11.4 Å². The molecule has 146 valence electrons. The third-order valence-electron chi connectivity index (χ3n) is 4.57. The summed E-state index contributed by atoms with van der Waals surface area (Å²) in [6.45, 7) is 2.63. The molecule has 0 aliphatic rings. The molecule has 28 heavy (non-hydrogen) atoms. The lowest BCUT2D eigenvalue weighted by molar-refractivity contribution is -0.121. The summed E-state index contributed by atoms with van der Waals surface area (Å²) in [5.41, 5.74) is 2.05. The van der Waals surface area contributed by atoms with Gasteiger partial charge in [0, 0.05) is 24.9 Å². The summed E-state index contributed by atoms with van der Waals surface area (Å²) in [5, 5.41) is 6.96. The summed E-state index contributed by atoms with van der Waals surface area (Å²) in [6.07, 6.45) is 1.83. The Kier molecular flexibility index (Phi) is 6.78. The topological polar surface area (TPSA) is 77.2 Å². The normalized spacial score (nSPS) is 11.8. The lowest BCUT2D eigenvalue weighted by Gasteiger charge is -2.12. The molecular weight excluding hydrogens is 354 g/mol. The Morgan fingerprint density at radius 1 is 1.14 bits per heavy atom. The van der Waals surface area contributed by atoms with Crippen molar-refractivity contribution in [3.05, 3.63) is 66.1 Å². The van der Waals surface area contributed by atoms with Crippen molar-refractivity contribution in [2.75, 3.05) is 13.7 Å². The number of aryl methyl sites for hydroxylation is 1. The Bertz CT molecular complexity index is 876. The standard InChI is InChI=1S/C22H25N3O3/c1-16(17-10-12-19(27-2)13-11-17)15-20(26)23-14-6-9-21-24-22(25-28-21)18-7-4-3-5-8-18/h3-5,7-8,10-13,16H,6,9,14-15H2,1-2H3,(H,23,26). The van der Waals surface area contributed by atoms with Crippen LogP contribution in [0.5, 0.6) is 5.75 Å². The van der Waals surface area contributed by atoms with Crippen LogP contribution in [-0.4, -0.2) is 29.7 Å². The number of methoxy groups -OCH3 is 1. The minimum absolute atomic E-state index is 0.0406. The molecule has 0 saturated carbocycles. The fraction of sp³-hybridized carbons (Fsp3) is 0.318. The van der Waals surface area contributed by atoms with Gasteiger partial charge in [0.05, 0.1) is 7.11 Å². The van der Waals surface area contributed by atoms with E-state index in [-0.39, 0.29) is 11.8 Å². The predicted molar refractivity (Wildman–Crippen MR) is 107 cm³/mol. The zero-order valence-corrected chi connectivity index (χ0v) is 16.2. The molecule has 0 fully saturated rings. The van der Waals surface area contributed by atoms with Crippen LogP contribution < -0.4 is 10.1 Å². The summed E-state index contributed by atoms with van der Waals surface area (Å²) in [6, 6.07) is 17.5. The van der Waals surface area contributed by atoms with Crippen molar-refractivity contribution in [1.29, 1.82) is 0 Å². The SMILES string of the molecule is COc1ccc(C(C)CC(=O)NCCCc2nc(-c3ccccc3)no2)cc1. The van der Waals surface area contributed by atoms with Crippen molar-refractivity contribution in [1.82, 2.24) is 15.5 Å². The van der Waals surface area contributed by atoms with Crippen LogP contribution in [0.4, 0.5) is 0 Å². The van der Waals surface area contributed by atoms with Crippen LogP contribution in [0, 0.1) is 0 Å². The van der Waals surface area contributed by atoms with Crippen molar-refractivity contribution in [2.24, 2.45) is 0 Å². The van der Waals surface area contributed by atoms with Crippen molar-refractivity contribution in [2.45, 2.75) is 32.1 Å². The molecule has 6 heteroatoms. The Labute approximate surface area is 164 Å². The molecule has 1 amide bonds. The molecular formula is C22H25N3O3. The molecule has 3 rings (SSSR count). The number of rotatable bonds is 9. The molecule has 3 aromatic rings. The Balaban J connectivity index is 1.39. The molecule has 0 aliphatic heterocycles. The predicted octanol–water partition coefficient (Wildman–Crippen LogP) is 3.99. The molecule has 0 bridgehead atoms. The third-order valence-corrected chi connectivity index (χ3v) is 4.57. The van der Waals surface area contributed by atoms with Crippen molar-refractivity contribution in [3.8, 4) is 17.1 Å². The summed E-state index contributed by atoms with van der Waals surface area (Å²) < 4.78 is 10.4. The van der Waals surface area contributed by atoms with Crippen LogP contribution in [0.1, 0.15) is 37.1 Å². The number of aromatic nitrogens is 2. The maximum atomic E-state index is 12.2. The summed E-state index contributed by atoms with van der Waals surface area (Å²) in [5.74, 6) is 2.18. The number of hydrogen-bond acceptors (Lipinski definition) is 5. The second kappa shape index (κ2) is 9.69. The van der Waals surface area contributed by atoms with Crippen molar-refractivity contribution in [3.63, 3.8) is 0 Å². The van der Waals surface area contributed by atoms with E-state index in [0.717, 1.165) is 23.3 Å². The molecule has 0 spiro atoms. The molecule has 0 aliphatic carbocycles. The number of ether oxygens (including phenoxy) is 1. The number of hydrogen-bond donors (Lipinski definition) is 1. The molecule has 1 atom stereocenters. The van der Waals surface area contributed by atoms with Gasteiger partial charge in [-0.25, -0.2) is 0 Å². The van der Waals surface area contributed by atoms with Crippen LogP contribution in [0.15, 0.2) is 59.1 Å². The first-order chi connectivity index (χ1) is 13.7. The highest BCUT2D eigenvalue weighted by Gasteiger charge is 2.12. The van der Waals surface area contributed by atoms with Gasteiger partial charge in [-0.1, -0.05) is 54.5 Å². The van der Waals surface area contributed by atoms with Gasteiger partial charge >= 0.3 is 0 Å². The van der Waals surface area contributed by atoms with Gasteiger partial charge in [-0.2, -0.15) is 4.98 Å². The van der Waals surface area contributed by atoms with Gasteiger partial charge in [0.25, 0.3) is 0 Å². The highest BCUT2D eigenvalue weighted by atomic mass is 16.5.